The molecule has 104 valence electrons. The number of carbonyl (C=O) groups is 1. The van der Waals surface area contributed by atoms with E-state index in [1.54, 1.807) is 12.3 Å². The van der Waals surface area contributed by atoms with Crippen LogP contribution < -0.4 is 4.90 Å². The fourth-order valence-electron chi connectivity index (χ4n) is 2.71. The largest absolute Gasteiger partial charge is 0.477 e. The zero-order chi connectivity index (χ0) is 13.8. The van der Waals surface area contributed by atoms with E-state index in [9.17, 15) is 4.79 Å². The fraction of sp³-hybridized carbons (Fsp3) is 0.571. The number of likely N-dealkylation sites (N-methyl/N-ethyl adjacent to an activating group) is 2. The van der Waals surface area contributed by atoms with Gasteiger partial charge in [-0.2, -0.15) is 0 Å². The van der Waals surface area contributed by atoms with Crippen LogP contribution in [0.25, 0.3) is 0 Å². The van der Waals surface area contributed by atoms with Gasteiger partial charge < -0.3 is 10.0 Å². The standard InChI is InChI=1S/C14H21N3O2/c1-3-17-8-4-5-12(17)10-16(2)11-6-7-15-13(9-11)14(18)19/h6-7,9,12H,3-5,8,10H2,1-2H3,(H,18,19). The zero-order valence-corrected chi connectivity index (χ0v) is 11.5. The summed E-state index contributed by atoms with van der Waals surface area (Å²) in [4.78, 5) is 19.4. The van der Waals surface area contributed by atoms with Gasteiger partial charge in [-0.1, -0.05) is 6.92 Å². The molecule has 0 spiro atoms. The highest BCUT2D eigenvalue weighted by atomic mass is 16.4. The van der Waals surface area contributed by atoms with Crippen LogP contribution in [0.4, 0.5) is 5.69 Å². The molecule has 1 saturated heterocycles. The first kappa shape index (κ1) is 13.8. The molecule has 1 aliphatic rings. The van der Waals surface area contributed by atoms with Crippen LogP contribution in [-0.2, 0) is 0 Å². The second-order valence-electron chi connectivity index (χ2n) is 5.01. The SMILES string of the molecule is CCN1CCCC1CN(C)c1ccnc(C(=O)O)c1. The molecule has 2 rings (SSSR count). The van der Waals surface area contributed by atoms with Gasteiger partial charge in [0.15, 0.2) is 0 Å². The second kappa shape index (κ2) is 6.02. The molecule has 5 nitrogen and oxygen atoms in total. The number of anilines is 1. The molecule has 1 fully saturated rings. The summed E-state index contributed by atoms with van der Waals surface area (Å²) in [5, 5.41) is 8.97. The first-order chi connectivity index (χ1) is 9.11. The normalized spacial score (nSPS) is 19.6. The molecule has 1 aromatic rings. The molecule has 0 amide bonds. The van der Waals surface area contributed by atoms with Crippen LogP contribution in [0.3, 0.4) is 0 Å². The number of likely N-dealkylation sites (tertiary alicyclic amines) is 1. The predicted octanol–water partition coefficient (Wildman–Crippen LogP) is 1.70. The van der Waals surface area contributed by atoms with Crippen molar-refractivity contribution in [2.75, 3.05) is 31.6 Å². The molecule has 1 atom stereocenters. The molecule has 19 heavy (non-hydrogen) atoms. The number of carboxylic acids is 1. The van der Waals surface area contributed by atoms with Gasteiger partial charge in [-0.15, -0.1) is 0 Å². The Hall–Kier alpha value is -1.62. The van der Waals surface area contributed by atoms with Crippen molar-refractivity contribution < 1.29 is 9.90 Å². The van der Waals surface area contributed by atoms with Gasteiger partial charge in [0, 0.05) is 31.5 Å². The van der Waals surface area contributed by atoms with E-state index in [4.69, 9.17) is 5.11 Å². The lowest BCUT2D eigenvalue weighted by atomic mass is 10.2. The summed E-state index contributed by atoms with van der Waals surface area (Å²) in [6.07, 6.45) is 4.03. The highest BCUT2D eigenvalue weighted by molar-refractivity contribution is 5.86. The van der Waals surface area contributed by atoms with Crippen LogP contribution in [0.1, 0.15) is 30.3 Å². The quantitative estimate of drug-likeness (QED) is 0.876. The molecule has 0 aliphatic carbocycles. The maximum Gasteiger partial charge on any atom is 0.354 e. The number of rotatable bonds is 5. The van der Waals surface area contributed by atoms with Gasteiger partial charge in [-0.3, -0.25) is 4.90 Å². The van der Waals surface area contributed by atoms with Gasteiger partial charge in [-0.25, -0.2) is 9.78 Å². The monoisotopic (exact) mass is 263 g/mol. The van der Waals surface area contributed by atoms with Gasteiger partial charge in [0.2, 0.25) is 0 Å². The smallest absolute Gasteiger partial charge is 0.354 e. The van der Waals surface area contributed by atoms with Crippen molar-refractivity contribution in [2.24, 2.45) is 0 Å². The summed E-state index contributed by atoms with van der Waals surface area (Å²) in [5.41, 5.74) is 1.01. The van der Waals surface area contributed by atoms with Gasteiger partial charge >= 0.3 is 5.97 Å². The topological polar surface area (TPSA) is 56.7 Å². The van der Waals surface area contributed by atoms with Gasteiger partial charge in [0.25, 0.3) is 0 Å². The van der Waals surface area contributed by atoms with Crippen molar-refractivity contribution in [1.82, 2.24) is 9.88 Å². The van der Waals surface area contributed by atoms with Crippen LogP contribution in [0.15, 0.2) is 18.3 Å². The minimum Gasteiger partial charge on any atom is -0.477 e. The fourth-order valence-corrected chi connectivity index (χ4v) is 2.71. The minimum atomic E-state index is -0.980. The van der Waals surface area contributed by atoms with Crippen LogP contribution >= 0.6 is 0 Å². The van der Waals surface area contributed by atoms with Gasteiger partial charge in [-0.05, 0) is 38.1 Å². The van der Waals surface area contributed by atoms with E-state index in [0.29, 0.717) is 6.04 Å². The predicted molar refractivity (Wildman–Crippen MR) is 74.7 cm³/mol. The van der Waals surface area contributed by atoms with Crippen molar-refractivity contribution in [2.45, 2.75) is 25.8 Å². The molecular formula is C14H21N3O2. The third kappa shape index (κ3) is 3.23. The van der Waals surface area contributed by atoms with E-state index in [1.807, 2.05) is 13.1 Å². The maximum absolute atomic E-state index is 10.9. The molecule has 0 aromatic carbocycles. The molecule has 0 radical (unpaired) electrons. The molecule has 0 bridgehead atoms. The van der Waals surface area contributed by atoms with E-state index in [2.05, 4.69) is 21.7 Å². The van der Waals surface area contributed by atoms with Crippen molar-refractivity contribution in [3.8, 4) is 0 Å². The van der Waals surface area contributed by atoms with Crippen LogP contribution in [0, 0.1) is 0 Å². The van der Waals surface area contributed by atoms with E-state index in [-0.39, 0.29) is 5.69 Å². The molecule has 2 heterocycles. The van der Waals surface area contributed by atoms with Gasteiger partial charge in [0.1, 0.15) is 5.69 Å². The minimum absolute atomic E-state index is 0.100. The van der Waals surface area contributed by atoms with E-state index < -0.39 is 5.97 Å². The molecule has 5 heteroatoms. The Balaban J connectivity index is 2.05. The third-order valence-electron chi connectivity index (χ3n) is 3.79. The van der Waals surface area contributed by atoms with Crippen LogP contribution in [-0.4, -0.2) is 53.7 Å². The van der Waals surface area contributed by atoms with E-state index in [0.717, 1.165) is 18.8 Å². The summed E-state index contributed by atoms with van der Waals surface area (Å²) in [7, 11) is 2.01. The Bertz CT molecular complexity index is 450. The number of aromatic nitrogens is 1. The average Bonchev–Trinajstić information content (AvgIpc) is 2.86. The lowest BCUT2D eigenvalue weighted by Crippen LogP contribution is -2.38. The van der Waals surface area contributed by atoms with Crippen LogP contribution in [0.2, 0.25) is 0 Å². The Morgan fingerprint density at radius 1 is 1.63 bits per heavy atom. The number of hydrogen-bond acceptors (Lipinski definition) is 4. The Morgan fingerprint density at radius 2 is 2.42 bits per heavy atom. The van der Waals surface area contributed by atoms with Crippen molar-refractivity contribution in [1.29, 1.82) is 0 Å². The molecule has 1 unspecified atom stereocenters. The summed E-state index contributed by atoms with van der Waals surface area (Å²) in [6, 6.07) is 4.06. The van der Waals surface area contributed by atoms with Crippen molar-refractivity contribution in [3.63, 3.8) is 0 Å². The van der Waals surface area contributed by atoms with Crippen molar-refractivity contribution in [3.05, 3.63) is 24.0 Å². The maximum atomic E-state index is 10.9. The van der Waals surface area contributed by atoms with Gasteiger partial charge in [0.05, 0.1) is 0 Å². The lowest BCUT2D eigenvalue weighted by molar-refractivity contribution is 0.0690. The highest BCUT2D eigenvalue weighted by Gasteiger charge is 2.24. The van der Waals surface area contributed by atoms with Crippen molar-refractivity contribution >= 4 is 11.7 Å². The summed E-state index contributed by atoms with van der Waals surface area (Å²) in [6.45, 7) is 5.37. The average molecular weight is 263 g/mol. The Kier molecular flexibility index (Phi) is 4.37. The van der Waals surface area contributed by atoms with Crippen LogP contribution in [0.5, 0.6) is 0 Å². The third-order valence-corrected chi connectivity index (χ3v) is 3.79. The second-order valence-corrected chi connectivity index (χ2v) is 5.01. The van der Waals surface area contributed by atoms with E-state index >= 15 is 0 Å². The highest BCUT2D eigenvalue weighted by Crippen LogP contribution is 2.20. The Labute approximate surface area is 113 Å². The first-order valence-electron chi connectivity index (χ1n) is 6.76. The number of aromatic carboxylic acids is 1. The number of hydrogen-bond donors (Lipinski definition) is 1. The zero-order valence-electron chi connectivity index (χ0n) is 11.5. The molecule has 1 N–H and O–H groups in total. The molecular weight excluding hydrogens is 242 g/mol. The lowest BCUT2D eigenvalue weighted by Gasteiger charge is -2.29. The summed E-state index contributed by atoms with van der Waals surface area (Å²) < 4.78 is 0. The van der Waals surface area contributed by atoms with E-state index in [1.165, 1.54) is 19.4 Å². The number of carboxylic acid groups (broad SMARTS) is 1. The summed E-state index contributed by atoms with van der Waals surface area (Å²) in [5.74, 6) is -0.980. The summed E-state index contributed by atoms with van der Waals surface area (Å²) >= 11 is 0. The number of pyridine rings is 1. The molecule has 0 saturated carbocycles. The molecule has 1 aromatic heterocycles. The number of nitrogens with zero attached hydrogens (tertiary/aromatic N) is 3. The molecule has 1 aliphatic heterocycles. The Morgan fingerprint density at radius 3 is 3.11 bits per heavy atom. The first-order valence-corrected chi connectivity index (χ1v) is 6.76.